The standard InChI is InChI=1S/C17H21NO3/c19-16(13-7-3-4-8-14(13)17(20)21)18-15-10-9-11-5-1-2-6-12(11)15/h1-2,5-6,13-15H,3-4,7-10H2,(H,18,19)(H,20,21). The molecular formula is C17H21NO3. The second-order valence-corrected chi connectivity index (χ2v) is 6.13. The Morgan fingerprint density at radius 3 is 2.52 bits per heavy atom. The highest BCUT2D eigenvalue weighted by Gasteiger charge is 2.37. The fourth-order valence-electron chi connectivity index (χ4n) is 3.73. The van der Waals surface area contributed by atoms with Gasteiger partial charge in [-0.2, -0.15) is 0 Å². The van der Waals surface area contributed by atoms with Crippen molar-refractivity contribution in [2.24, 2.45) is 11.8 Å². The number of nitrogens with one attached hydrogen (secondary N) is 1. The number of hydrogen-bond donors (Lipinski definition) is 2. The summed E-state index contributed by atoms with van der Waals surface area (Å²) in [6.45, 7) is 0. The number of carbonyl (C=O) groups excluding carboxylic acids is 1. The van der Waals surface area contributed by atoms with Crippen LogP contribution in [0, 0.1) is 11.8 Å². The van der Waals surface area contributed by atoms with Crippen LogP contribution in [0.2, 0.25) is 0 Å². The first kappa shape index (κ1) is 14.1. The number of carboxylic acid groups (broad SMARTS) is 1. The van der Waals surface area contributed by atoms with Gasteiger partial charge in [0.25, 0.3) is 0 Å². The van der Waals surface area contributed by atoms with Gasteiger partial charge in [0.2, 0.25) is 5.91 Å². The van der Waals surface area contributed by atoms with Gasteiger partial charge in [0, 0.05) is 0 Å². The molecule has 1 amide bonds. The largest absolute Gasteiger partial charge is 0.481 e. The SMILES string of the molecule is O=C(O)C1CCCCC1C(=O)NC1CCc2ccccc21. The molecule has 1 aromatic rings. The van der Waals surface area contributed by atoms with Crippen LogP contribution >= 0.6 is 0 Å². The average molecular weight is 287 g/mol. The van der Waals surface area contributed by atoms with Gasteiger partial charge in [-0.15, -0.1) is 0 Å². The molecule has 2 aliphatic rings. The Morgan fingerprint density at radius 1 is 1.05 bits per heavy atom. The number of hydrogen-bond acceptors (Lipinski definition) is 2. The van der Waals surface area contributed by atoms with E-state index in [9.17, 15) is 14.7 Å². The molecule has 1 saturated carbocycles. The third-order valence-corrected chi connectivity index (χ3v) is 4.87. The van der Waals surface area contributed by atoms with E-state index in [1.807, 2.05) is 12.1 Å². The van der Waals surface area contributed by atoms with Crippen molar-refractivity contribution in [3.05, 3.63) is 35.4 Å². The van der Waals surface area contributed by atoms with Crippen LogP contribution in [-0.2, 0) is 16.0 Å². The first-order valence-corrected chi connectivity index (χ1v) is 7.78. The van der Waals surface area contributed by atoms with E-state index in [4.69, 9.17) is 0 Å². The summed E-state index contributed by atoms with van der Waals surface area (Å²) in [5, 5.41) is 12.4. The molecule has 0 bridgehead atoms. The van der Waals surface area contributed by atoms with Crippen molar-refractivity contribution in [3.63, 3.8) is 0 Å². The van der Waals surface area contributed by atoms with E-state index in [-0.39, 0.29) is 17.9 Å². The molecule has 1 aromatic carbocycles. The number of rotatable bonds is 3. The minimum absolute atomic E-state index is 0.0464. The van der Waals surface area contributed by atoms with Crippen LogP contribution in [0.3, 0.4) is 0 Å². The molecule has 21 heavy (non-hydrogen) atoms. The molecule has 0 aromatic heterocycles. The van der Waals surface area contributed by atoms with Crippen molar-refractivity contribution in [1.29, 1.82) is 0 Å². The zero-order valence-corrected chi connectivity index (χ0v) is 12.0. The zero-order valence-electron chi connectivity index (χ0n) is 12.0. The van der Waals surface area contributed by atoms with Crippen LogP contribution in [0.4, 0.5) is 0 Å². The third kappa shape index (κ3) is 2.80. The van der Waals surface area contributed by atoms with E-state index in [0.29, 0.717) is 12.8 Å². The molecule has 1 fully saturated rings. The minimum Gasteiger partial charge on any atom is -0.481 e. The first-order chi connectivity index (χ1) is 10.2. The number of fused-ring (bicyclic) bond motifs is 1. The molecule has 0 saturated heterocycles. The molecule has 0 spiro atoms. The maximum absolute atomic E-state index is 12.5. The Kier molecular flexibility index (Phi) is 3.95. The maximum Gasteiger partial charge on any atom is 0.307 e. The van der Waals surface area contributed by atoms with Gasteiger partial charge < -0.3 is 10.4 Å². The van der Waals surface area contributed by atoms with Crippen LogP contribution in [0.1, 0.15) is 49.3 Å². The molecule has 112 valence electrons. The van der Waals surface area contributed by atoms with E-state index >= 15 is 0 Å². The van der Waals surface area contributed by atoms with E-state index < -0.39 is 11.9 Å². The van der Waals surface area contributed by atoms with Gasteiger partial charge in [0.15, 0.2) is 0 Å². The Balaban J connectivity index is 1.70. The van der Waals surface area contributed by atoms with Gasteiger partial charge in [-0.25, -0.2) is 0 Å². The fourth-order valence-corrected chi connectivity index (χ4v) is 3.73. The normalized spacial score (nSPS) is 27.9. The van der Waals surface area contributed by atoms with Gasteiger partial charge in [-0.05, 0) is 36.8 Å². The molecule has 0 aliphatic heterocycles. The van der Waals surface area contributed by atoms with Crippen molar-refractivity contribution in [2.45, 2.75) is 44.6 Å². The van der Waals surface area contributed by atoms with Crippen molar-refractivity contribution in [3.8, 4) is 0 Å². The predicted molar refractivity (Wildman–Crippen MR) is 78.7 cm³/mol. The monoisotopic (exact) mass is 287 g/mol. The van der Waals surface area contributed by atoms with Crippen LogP contribution in [0.15, 0.2) is 24.3 Å². The summed E-state index contributed by atoms with van der Waals surface area (Å²) in [6.07, 6.45) is 5.06. The van der Waals surface area contributed by atoms with Crippen LogP contribution < -0.4 is 5.32 Å². The third-order valence-electron chi connectivity index (χ3n) is 4.87. The van der Waals surface area contributed by atoms with Crippen LogP contribution in [-0.4, -0.2) is 17.0 Å². The topological polar surface area (TPSA) is 66.4 Å². The van der Waals surface area contributed by atoms with Crippen molar-refractivity contribution in [1.82, 2.24) is 5.32 Å². The van der Waals surface area contributed by atoms with E-state index in [1.165, 1.54) is 11.1 Å². The fraction of sp³-hybridized carbons (Fsp3) is 0.529. The second-order valence-electron chi connectivity index (χ2n) is 6.13. The molecule has 0 heterocycles. The summed E-state index contributed by atoms with van der Waals surface area (Å²) >= 11 is 0. The second kappa shape index (κ2) is 5.88. The van der Waals surface area contributed by atoms with E-state index in [1.54, 1.807) is 0 Å². The van der Waals surface area contributed by atoms with Crippen molar-refractivity contribution in [2.75, 3.05) is 0 Å². The number of aryl methyl sites for hydroxylation is 1. The molecule has 4 heteroatoms. The number of benzene rings is 1. The summed E-state index contributed by atoms with van der Waals surface area (Å²) in [7, 11) is 0. The highest BCUT2D eigenvalue weighted by atomic mass is 16.4. The zero-order chi connectivity index (χ0) is 14.8. The number of amides is 1. The molecule has 3 atom stereocenters. The Labute approximate surface area is 124 Å². The van der Waals surface area contributed by atoms with Gasteiger partial charge in [0.05, 0.1) is 17.9 Å². The summed E-state index contributed by atoms with van der Waals surface area (Å²) in [4.78, 5) is 23.8. The summed E-state index contributed by atoms with van der Waals surface area (Å²) in [6, 6.07) is 8.21. The minimum atomic E-state index is -0.832. The predicted octanol–water partition coefficient (Wildman–Crippen LogP) is 2.68. The summed E-state index contributed by atoms with van der Waals surface area (Å²) in [5.41, 5.74) is 2.48. The quantitative estimate of drug-likeness (QED) is 0.898. The highest BCUT2D eigenvalue weighted by Crippen LogP contribution is 2.34. The van der Waals surface area contributed by atoms with Gasteiger partial charge in [-0.1, -0.05) is 37.1 Å². The number of aliphatic carboxylic acids is 1. The molecule has 4 nitrogen and oxygen atoms in total. The Hall–Kier alpha value is -1.84. The van der Waals surface area contributed by atoms with Gasteiger partial charge in [-0.3, -0.25) is 9.59 Å². The molecular weight excluding hydrogens is 266 g/mol. The smallest absolute Gasteiger partial charge is 0.307 e. The summed E-state index contributed by atoms with van der Waals surface area (Å²) in [5.74, 6) is -1.80. The molecule has 0 radical (unpaired) electrons. The van der Waals surface area contributed by atoms with E-state index in [0.717, 1.165) is 25.7 Å². The molecule has 3 unspecified atom stereocenters. The van der Waals surface area contributed by atoms with E-state index in [2.05, 4.69) is 17.4 Å². The van der Waals surface area contributed by atoms with Crippen LogP contribution in [0.25, 0.3) is 0 Å². The molecule has 2 N–H and O–H groups in total. The average Bonchev–Trinajstić information content (AvgIpc) is 2.90. The molecule has 3 rings (SSSR count). The highest BCUT2D eigenvalue weighted by molar-refractivity contribution is 5.85. The van der Waals surface area contributed by atoms with Crippen LogP contribution in [0.5, 0.6) is 0 Å². The lowest BCUT2D eigenvalue weighted by atomic mass is 9.78. The lowest BCUT2D eigenvalue weighted by Crippen LogP contribution is -2.40. The van der Waals surface area contributed by atoms with Gasteiger partial charge in [0.1, 0.15) is 0 Å². The Bertz CT molecular complexity index is 555. The number of carbonyl (C=O) groups is 2. The van der Waals surface area contributed by atoms with Crippen molar-refractivity contribution < 1.29 is 14.7 Å². The lowest BCUT2D eigenvalue weighted by Gasteiger charge is -2.28. The molecule has 2 aliphatic carbocycles. The summed E-state index contributed by atoms with van der Waals surface area (Å²) < 4.78 is 0. The maximum atomic E-state index is 12.5. The van der Waals surface area contributed by atoms with Crippen molar-refractivity contribution >= 4 is 11.9 Å². The number of carboxylic acids is 1. The lowest BCUT2D eigenvalue weighted by molar-refractivity contribution is -0.149. The Morgan fingerprint density at radius 2 is 1.76 bits per heavy atom. The first-order valence-electron chi connectivity index (χ1n) is 7.78. The van der Waals surface area contributed by atoms with Gasteiger partial charge >= 0.3 is 5.97 Å².